The molecule has 11 nitrogen and oxygen atoms in total. The Balaban J connectivity index is 0.000000325. The zero-order chi connectivity index (χ0) is 46.7. The monoisotopic (exact) mass is 942 g/mol. The van der Waals surface area contributed by atoms with E-state index in [1.165, 1.54) is 31.3 Å². The van der Waals surface area contributed by atoms with Crippen molar-refractivity contribution >= 4 is 20.6 Å². The molecule has 0 bridgehead atoms. The van der Waals surface area contributed by atoms with Crippen LogP contribution < -0.4 is 11.4 Å². The zero-order valence-corrected chi connectivity index (χ0v) is 32.0. The summed E-state index contributed by atoms with van der Waals surface area (Å²) in [5.41, 5.74) is -4.25. The molecule has 4 aromatic rings. The molecular formula is C32H26F16N6O5S2. The Morgan fingerprint density at radius 2 is 1.03 bits per heavy atom. The minimum atomic E-state index is -6.49. The number of rotatable bonds is 16. The van der Waals surface area contributed by atoms with Crippen molar-refractivity contribution in [3.63, 3.8) is 0 Å². The number of hydrogen-bond acceptors (Lipinski definition) is 9. The van der Waals surface area contributed by atoms with E-state index in [1.807, 2.05) is 0 Å². The molecule has 0 saturated heterocycles. The molecule has 0 aromatic carbocycles. The average Bonchev–Trinajstić information content (AvgIpc) is 3.18. The Morgan fingerprint density at radius 3 is 1.41 bits per heavy atom. The number of alkyl halides is 16. The van der Waals surface area contributed by atoms with Gasteiger partial charge in [0.25, 0.3) is 0 Å². The van der Waals surface area contributed by atoms with Crippen LogP contribution in [-0.4, -0.2) is 102 Å². The lowest BCUT2D eigenvalue weighted by atomic mass is 10.0. The molecule has 61 heavy (non-hydrogen) atoms. The molecule has 0 fully saturated rings. The summed E-state index contributed by atoms with van der Waals surface area (Å²) in [5.74, 6) is -37.3. The summed E-state index contributed by atoms with van der Waals surface area (Å²) in [4.78, 5) is 38.1. The summed E-state index contributed by atoms with van der Waals surface area (Å²) in [7, 11) is -5.40. The van der Waals surface area contributed by atoms with Crippen LogP contribution in [0.25, 0.3) is 22.8 Å². The van der Waals surface area contributed by atoms with Crippen molar-refractivity contribution in [3.8, 4) is 22.8 Å². The zero-order valence-electron chi connectivity index (χ0n) is 30.3. The molecular weight excluding hydrogens is 916 g/mol. The number of halogens is 16. The van der Waals surface area contributed by atoms with Gasteiger partial charge in [-0.05, 0) is 36.4 Å². The standard InChI is InChI=1S/C16H13F8N3O3S.C16H13F8N3O2S/c1-2-31(29,30)10-4-3-6-25-11(10)9-5-7-27(13(28)26-9)8-14(19,20)16(23,24)15(21,22)12(17)18;1-2-30(29)10-4-3-6-25-11(10)9-5-7-27(13(28)26-9)8-14(19,20)16(23,24)15(21,22)12(17)18/h3-7,12H,2,8H2,1H3;3-7,12H,2,8H2,1H3. The second-order valence-corrected chi connectivity index (χ2v) is 16.0. The van der Waals surface area contributed by atoms with Crippen molar-refractivity contribution < 1.29 is 82.9 Å². The minimum absolute atomic E-state index is 0.0387. The first-order valence-corrected chi connectivity index (χ1v) is 19.3. The van der Waals surface area contributed by atoms with Gasteiger partial charge in [-0.1, -0.05) is 13.8 Å². The first kappa shape index (κ1) is 50.4. The highest BCUT2D eigenvalue weighted by molar-refractivity contribution is 7.91. The lowest BCUT2D eigenvalue weighted by molar-refractivity contribution is -0.341. The highest BCUT2D eigenvalue weighted by atomic mass is 32.2. The van der Waals surface area contributed by atoms with Gasteiger partial charge in [0.2, 0.25) is 0 Å². The summed E-state index contributed by atoms with van der Waals surface area (Å²) in [6, 6.07) is 6.90. The lowest BCUT2D eigenvalue weighted by Gasteiger charge is -2.32. The van der Waals surface area contributed by atoms with Gasteiger partial charge in [-0.25, -0.2) is 35.6 Å². The first-order valence-electron chi connectivity index (χ1n) is 16.3. The van der Waals surface area contributed by atoms with Gasteiger partial charge < -0.3 is 0 Å². The molecule has 0 amide bonds. The van der Waals surface area contributed by atoms with Gasteiger partial charge in [-0.2, -0.15) is 62.7 Å². The fourth-order valence-electron chi connectivity index (χ4n) is 4.66. The van der Waals surface area contributed by atoms with Crippen LogP contribution in [0.5, 0.6) is 0 Å². The van der Waals surface area contributed by atoms with E-state index >= 15 is 0 Å². The Kier molecular flexibility index (Phi) is 15.0. The van der Waals surface area contributed by atoms with Crippen molar-refractivity contribution in [2.24, 2.45) is 0 Å². The maximum absolute atomic E-state index is 13.8. The normalized spacial score (nSPS) is 13.9. The van der Waals surface area contributed by atoms with Gasteiger partial charge in [0.05, 0.1) is 50.8 Å². The van der Waals surface area contributed by atoms with Crippen molar-refractivity contribution in [3.05, 3.63) is 82.2 Å². The smallest absolute Gasteiger partial charge is 0.293 e. The Labute approximate surface area is 333 Å². The van der Waals surface area contributed by atoms with Crippen LogP contribution in [0.2, 0.25) is 0 Å². The summed E-state index contributed by atoms with van der Waals surface area (Å²) in [5, 5.41) is 0. The predicted molar refractivity (Wildman–Crippen MR) is 180 cm³/mol. The van der Waals surface area contributed by atoms with E-state index < -0.39 is 99.2 Å². The third kappa shape index (κ3) is 10.1. The van der Waals surface area contributed by atoms with Crippen molar-refractivity contribution in [2.45, 2.75) is 85.1 Å². The van der Waals surface area contributed by atoms with Gasteiger partial charge in [0.15, 0.2) is 9.84 Å². The van der Waals surface area contributed by atoms with Crippen LogP contribution in [-0.2, 0) is 33.7 Å². The molecule has 4 aromatic heterocycles. The third-order valence-electron chi connectivity index (χ3n) is 8.04. The highest BCUT2D eigenvalue weighted by Gasteiger charge is 2.76. The van der Waals surface area contributed by atoms with E-state index in [9.17, 15) is 92.5 Å². The molecule has 0 N–H and O–H groups in total. The topological polar surface area (TPSA) is 147 Å². The summed E-state index contributed by atoms with van der Waals surface area (Å²) in [6.45, 7) is -1.81. The molecule has 1 atom stereocenters. The van der Waals surface area contributed by atoms with Crippen LogP contribution >= 0.6 is 0 Å². The fourth-order valence-corrected chi connectivity index (χ4v) is 6.62. The molecule has 338 valence electrons. The van der Waals surface area contributed by atoms with Gasteiger partial charge in [0.1, 0.15) is 11.4 Å². The van der Waals surface area contributed by atoms with Crippen LogP contribution in [0.15, 0.2) is 80.6 Å². The Hall–Kier alpha value is -4.96. The number of hydrogen-bond donors (Lipinski definition) is 0. The van der Waals surface area contributed by atoms with E-state index in [-0.39, 0.29) is 47.5 Å². The SMILES string of the molecule is CCS(=O)(=O)c1cccnc1-c1ccn(CC(F)(F)C(F)(F)C(F)(F)C(F)F)c(=O)n1.CCS(=O)c1cccnc1-c1ccn(CC(F)(F)C(F)(F)C(F)(F)C(F)F)c(=O)n1. The molecule has 0 aliphatic heterocycles. The maximum atomic E-state index is 13.8. The Bertz CT molecular complexity index is 2450. The number of pyridine rings is 2. The molecule has 4 rings (SSSR count). The van der Waals surface area contributed by atoms with Crippen molar-refractivity contribution in [1.82, 2.24) is 29.1 Å². The van der Waals surface area contributed by atoms with Crippen molar-refractivity contribution in [1.29, 1.82) is 0 Å². The first-order chi connectivity index (χ1) is 27.8. The quantitative estimate of drug-likeness (QED) is 0.110. The van der Waals surface area contributed by atoms with Crippen LogP contribution in [0.4, 0.5) is 70.2 Å². The lowest BCUT2D eigenvalue weighted by Crippen LogP contribution is -2.59. The predicted octanol–water partition coefficient (Wildman–Crippen LogP) is 6.87. The fraction of sp³-hybridized carbons (Fsp3) is 0.438. The largest absolute Gasteiger partial charge is 0.379 e. The van der Waals surface area contributed by atoms with E-state index in [0.717, 1.165) is 24.4 Å². The van der Waals surface area contributed by atoms with E-state index in [4.69, 9.17) is 0 Å². The Morgan fingerprint density at radius 1 is 0.639 bits per heavy atom. The minimum Gasteiger partial charge on any atom is -0.293 e. The number of aromatic nitrogens is 6. The van der Waals surface area contributed by atoms with Crippen LogP contribution in [0.1, 0.15) is 13.8 Å². The van der Waals surface area contributed by atoms with Crippen molar-refractivity contribution in [2.75, 3.05) is 11.5 Å². The molecule has 0 spiro atoms. The molecule has 1 unspecified atom stereocenters. The van der Waals surface area contributed by atoms with Gasteiger partial charge >= 0.3 is 59.8 Å². The van der Waals surface area contributed by atoms with Crippen LogP contribution in [0, 0.1) is 0 Å². The highest BCUT2D eigenvalue weighted by Crippen LogP contribution is 2.50. The molecule has 0 aliphatic rings. The van der Waals surface area contributed by atoms with Crippen LogP contribution in [0.3, 0.4) is 0 Å². The average molecular weight is 943 g/mol. The van der Waals surface area contributed by atoms with E-state index in [1.54, 1.807) is 6.92 Å². The molecule has 0 aliphatic carbocycles. The van der Waals surface area contributed by atoms with Gasteiger partial charge in [-0.3, -0.25) is 23.3 Å². The van der Waals surface area contributed by atoms with E-state index in [0.29, 0.717) is 12.4 Å². The molecule has 29 heteroatoms. The van der Waals surface area contributed by atoms with E-state index in [2.05, 4.69) is 19.9 Å². The molecule has 4 heterocycles. The number of nitrogens with zero attached hydrogens (tertiary/aromatic N) is 6. The second kappa shape index (κ2) is 18.2. The molecule has 0 radical (unpaired) electrons. The summed E-state index contributed by atoms with van der Waals surface area (Å²) >= 11 is 0. The summed E-state index contributed by atoms with van der Waals surface area (Å²) in [6.07, 6.45) is -6.75. The molecule has 0 saturated carbocycles. The third-order valence-corrected chi connectivity index (χ3v) is 11.1. The number of sulfone groups is 1. The van der Waals surface area contributed by atoms with Gasteiger partial charge in [-0.15, -0.1) is 0 Å². The summed E-state index contributed by atoms with van der Waals surface area (Å²) < 4.78 is 245. The second-order valence-electron chi connectivity index (χ2n) is 12.1. The van der Waals surface area contributed by atoms with Gasteiger partial charge in [0, 0.05) is 30.5 Å². The maximum Gasteiger partial charge on any atom is 0.379 e.